The van der Waals surface area contributed by atoms with Gasteiger partial charge < -0.3 is 27.6 Å². The van der Waals surface area contributed by atoms with Gasteiger partial charge in [0.2, 0.25) is 0 Å². The van der Waals surface area contributed by atoms with Gasteiger partial charge in [-0.3, -0.25) is 9.13 Å². The average Bonchev–Trinajstić information content (AvgIpc) is 3.32. The zero-order valence-electron chi connectivity index (χ0n) is 27.5. The molecule has 2 heterocycles. The fraction of sp³-hybridized carbons (Fsp3) is 0.486. The molecule has 0 aromatic heterocycles. The van der Waals surface area contributed by atoms with E-state index < -0.39 is 20.6 Å². The summed E-state index contributed by atoms with van der Waals surface area (Å²) in [4.78, 5) is 0. The molecule has 0 atom stereocenters. The van der Waals surface area contributed by atoms with Crippen LogP contribution in [0.25, 0.3) is 0 Å². The Labute approximate surface area is 266 Å². The molecule has 10 heteroatoms. The van der Waals surface area contributed by atoms with Crippen molar-refractivity contribution in [2.24, 2.45) is 0 Å². The molecule has 8 nitrogen and oxygen atoms in total. The maximum Gasteiger partial charge on any atom is 0.365 e. The summed E-state index contributed by atoms with van der Waals surface area (Å²) in [5.74, 6) is 1.98. The summed E-state index contributed by atoms with van der Waals surface area (Å²) in [5.41, 5.74) is 3.40. The molecule has 2 aliphatic carbocycles. The molecule has 0 N–H and O–H groups in total. The minimum absolute atomic E-state index is 0.229. The van der Waals surface area contributed by atoms with Crippen molar-refractivity contribution in [1.29, 1.82) is 0 Å². The number of benzene rings is 3. The molecule has 7 rings (SSSR count). The highest BCUT2D eigenvalue weighted by Gasteiger charge is 2.58. The van der Waals surface area contributed by atoms with E-state index in [0.29, 0.717) is 33.6 Å². The molecule has 2 aliphatic heterocycles. The van der Waals surface area contributed by atoms with Crippen molar-refractivity contribution in [1.82, 2.24) is 0 Å². The molecule has 3 aromatic rings. The highest BCUT2D eigenvalue weighted by molar-refractivity contribution is 7.62. The molecule has 3 aromatic carbocycles. The Bertz CT molecular complexity index is 1580. The molecule has 0 amide bonds. The average molecular weight is 655 g/mol. The Morgan fingerprint density at radius 3 is 1.22 bits per heavy atom. The zero-order valence-corrected chi connectivity index (χ0v) is 29.3. The van der Waals surface area contributed by atoms with Crippen LogP contribution in [0.15, 0.2) is 48.5 Å². The largest absolute Gasteiger partial charge is 0.456 e. The van der Waals surface area contributed by atoms with Gasteiger partial charge in [-0.05, 0) is 122 Å². The van der Waals surface area contributed by atoms with Crippen LogP contribution in [0.4, 0.5) is 0 Å². The molecule has 45 heavy (non-hydrogen) atoms. The molecule has 4 aliphatic rings. The highest BCUT2D eigenvalue weighted by Crippen LogP contribution is 2.65. The number of hydrogen-bond acceptors (Lipinski definition) is 8. The summed E-state index contributed by atoms with van der Waals surface area (Å²) in [6.07, 6.45) is 1.61. The van der Waals surface area contributed by atoms with Crippen molar-refractivity contribution < 1.29 is 36.7 Å². The van der Waals surface area contributed by atoms with Crippen molar-refractivity contribution in [2.75, 3.05) is 26.4 Å². The number of hydrogen-bond donors (Lipinski definition) is 0. The van der Waals surface area contributed by atoms with Crippen LogP contribution in [0.3, 0.4) is 0 Å². The molecule has 0 radical (unpaired) electrons. The summed E-state index contributed by atoms with van der Waals surface area (Å²) < 4.78 is 65.3. The molecular formula is C35H44O8P2. The van der Waals surface area contributed by atoms with E-state index in [2.05, 4.69) is 39.8 Å². The second-order valence-electron chi connectivity index (χ2n) is 13.3. The lowest BCUT2D eigenvalue weighted by molar-refractivity contribution is 0.228. The second-order valence-corrected chi connectivity index (χ2v) is 17.3. The van der Waals surface area contributed by atoms with E-state index in [4.69, 9.17) is 27.6 Å². The quantitative estimate of drug-likeness (QED) is 0.200. The van der Waals surface area contributed by atoms with Gasteiger partial charge in [-0.15, -0.1) is 0 Å². The van der Waals surface area contributed by atoms with E-state index in [9.17, 15) is 9.13 Å². The molecule has 0 fully saturated rings. The number of fused-ring (bicyclic) bond motifs is 2. The summed E-state index contributed by atoms with van der Waals surface area (Å²) in [7, 11) is -7.43. The van der Waals surface area contributed by atoms with Crippen molar-refractivity contribution in [3.63, 3.8) is 0 Å². The zero-order chi connectivity index (χ0) is 32.4. The van der Waals surface area contributed by atoms with Crippen LogP contribution in [-0.2, 0) is 43.5 Å². The lowest BCUT2D eigenvalue weighted by atomic mass is 9.72. The molecule has 0 saturated heterocycles. The van der Waals surface area contributed by atoms with Crippen molar-refractivity contribution in [2.45, 2.75) is 84.5 Å². The third-order valence-corrected chi connectivity index (χ3v) is 13.5. The van der Waals surface area contributed by atoms with Crippen molar-refractivity contribution in [3.8, 4) is 23.0 Å². The van der Waals surface area contributed by atoms with Crippen LogP contribution in [0.5, 0.6) is 23.0 Å². The first-order valence-electron chi connectivity index (χ1n) is 15.9. The van der Waals surface area contributed by atoms with Crippen LogP contribution >= 0.6 is 15.2 Å². The van der Waals surface area contributed by atoms with E-state index in [1.54, 1.807) is 24.3 Å². The van der Waals surface area contributed by atoms with Gasteiger partial charge in [-0.25, -0.2) is 0 Å². The number of ether oxygens (including phenoxy) is 2. The number of rotatable bonds is 10. The van der Waals surface area contributed by atoms with E-state index in [1.807, 2.05) is 39.8 Å². The Balaban J connectivity index is 1.71. The minimum atomic E-state index is -3.72. The van der Waals surface area contributed by atoms with Gasteiger partial charge in [0.05, 0.1) is 26.4 Å². The third kappa shape index (κ3) is 5.23. The Morgan fingerprint density at radius 2 is 0.911 bits per heavy atom. The summed E-state index contributed by atoms with van der Waals surface area (Å²) in [5, 5.41) is 0.848. The summed E-state index contributed by atoms with van der Waals surface area (Å²) in [6, 6.07) is 15.3. The van der Waals surface area contributed by atoms with Gasteiger partial charge in [-0.2, -0.15) is 0 Å². The molecule has 1 spiro atoms. The first-order valence-corrected chi connectivity index (χ1v) is 19.0. The summed E-state index contributed by atoms with van der Waals surface area (Å²) in [6.45, 7) is 17.1. The molecule has 0 unspecified atom stereocenters. The van der Waals surface area contributed by atoms with E-state index in [-0.39, 0.29) is 37.3 Å². The highest BCUT2D eigenvalue weighted by atomic mass is 31.2. The van der Waals surface area contributed by atoms with Gasteiger partial charge in [0.1, 0.15) is 33.6 Å². The predicted octanol–water partition coefficient (Wildman–Crippen LogP) is 9.02. The maximum absolute atomic E-state index is 14.4. The normalized spacial score (nSPS) is 18.5. The first-order chi connectivity index (χ1) is 21.3. The Morgan fingerprint density at radius 1 is 0.578 bits per heavy atom. The monoisotopic (exact) mass is 654 g/mol. The maximum atomic E-state index is 14.4. The second kappa shape index (κ2) is 11.4. The summed E-state index contributed by atoms with van der Waals surface area (Å²) >= 11 is 0. The topological polar surface area (TPSA) is 89.5 Å². The predicted molar refractivity (Wildman–Crippen MR) is 177 cm³/mol. The fourth-order valence-electron chi connectivity index (χ4n) is 7.79. The SMILES string of the molecule is CCOP(=O)(OCC)c1cc2c3cc1Oc1ccc(cc1)Oc1cc4c(cc1P(=O)(OCC)OCC)C(C)(C)CC34CC2(C)C. The molecule has 6 bridgehead atoms. The first kappa shape index (κ1) is 32.5. The van der Waals surface area contributed by atoms with Crippen LogP contribution in [0.2, 0.25) is 0 Å². The third-order valence-electron chi connectivity index (χ3n) is 9.24. The minimum Gasteiger partial charge on any atom is -0.456 e. The van der Waals surface area contributed by atoms with Gasteiger partial charge >= 0.3 is 15.2 Å². The van der Waals surface area contributed by atoms with Crippen molar-refractivity contribution in [3.05, 3.63) is 70.8 Å². The van der Waals surface area contributed by atoms with Crippen LogP contribution in [-0.4, -0.2) is 26.4 Å². The van der Waals surface area contributed by atoms with E-state index in [1.165, 1.54) is 0 Å². The molecular weight excluding hydrogens is 610 g/mol. The van der Waals surface area contributed by atoms with Gasteiger partial charge in [0, 0.05) is 5.41 Å². The van der Waals surface area contributed by atoms with Crippen LogP contribution < -0.4 is 20.1 Å². The Kier molecular flexibility index (Phi) is 8.21. The standard InChI is InChI=1S/C35H44O8P2/c1-9-38-44(36,39-10-2)31-19-25-27-17-29(31)42-23-13-15-24(16-14-23)43-30-18-28-26(20-32(30)45(37,40-11-3)41-12-4)34(7,8)22-35(27,28)21-33(25,5)6/h13-20H,9-12,21-22H2,1-8H3. The van der Waals surface area contributed by atoms with Crippen molar-refractivity contribution >= 4 is 25.8 Å². The molecule has 0 saturated carbocycles. The fourth-order valence-corrected chi connectivity index (χ4v) is 11.2. The van der Waals surface area contributed by atoms with E-state index >= 15 is 0 Å². The lowest BCUT2D eigenvalue weighted by Crippen LogP contribution is -2.27. The smallest absolute Gasteiger partial charge is 0.365 e. The van der Waals surface area contributed by atoms with Gasteiger partial charge in [0.25, 0.3) is 0 Å². The molecule has 242 valence electrons. The Hall–Kier alpha value is -2.44. The van der Waals surface area contributed by atoms with Gasteiger partial charge in [0.15, 0.2) is 0 Å². The van der Waals surface area contributed by atoms with Gasteiger partial charge in [-0.1, -0.05) is 27.7 Å². The van der Waals surface area contributed by atoms with Crippen LogP contribution in [0.1, 0.15) is 90.5 Å². The lowest BCUT2D eigenvalue weighted by Gasteiger charge is -2.31. The van der Waals surface area contributed by atoms with Crippen LogP contribution in [0, 0.1) is 0 Å². The van der Waals surface area contributed by atoms with E-state index in [0.717, 1.165) is 35.1 Å².